The largest absolute Gasteiger partial charge is 0.417 e. The van der Waals surface area contributed by atoms with Crippen LogP contribution < -0.4 is 0 Å². The average molecular weight is 271 g/mol. The molecule has 0 bridgehead atoms. The average Bonchev–Trinajstić information content (AvgIpc) is 2.93. The van der Waals surface area contributed by atoms with Crippen molar-refractivity contribution in [2.24, 2.45) is 5.16 Å². The fraction of sp³-hybridized carbons (Fsp3) is 0.0833. The second kappa shape index (κ2) is 6.07. The summed E-state index contributed by atoms with van der Waals surface area (Å²) >= 11 is 0. The van der Waals surface area contributed by atoms with Crippen molar-refractivity contribution in [2.45, 2.75) is 6.61 Å². The fourth-order valence-electron chi connectivity index (χ4n) is 1.24. The van der Waals surface area contributed by atoms with Crippen molar-refractivity contribution in [3.8, 4) is 23.6 Å². The van der Waals surface area contributed by atoms with Crippen molar-refractivity contribution in [1.29, 1.82) is 10.5 Å². The predicted molar refractivity (Wildman–Crippen MR) is 63.1 cm³/mol. The molecule has 8 heteroatoms. The molecule has 7 nitrogen and oxygen atoms in total. The van der Waals surface area contributed by atoms with Crippen molar-refractivity contribution in [3.63, 3.8) is 0 Å². The third-order valence-corrected chi connectivity index (χ3v) is 2.11. The highest BCUT2D eigenvalue weighted by Gasteiger charge is 2.09. The van der Waals surface area contributed by atoms with E-state index in [9.17, 15) is 4.39 Å². The Balaban J connectivity index is 2.03. The Morgan fingerprint density at radius 3 is 2.60 bits per heavy atom. The molecule has 0 saturated carbocycles. The summed E-state index contributed by atoms with van der Waals surface area (Å²) in [4.78, 5) is 4.72. The molecule has 2 aromatic rings. The van der Waals surface area contributed by atoms with Crippen LogP contribution in [0.1, 0.15) is 5.89 Å². The highest BCUT2D eigenvalue weighted by molar-refractivity contribution is 6.09. The van der Waals surface area contributed by atoms with Crippen LogP contribution in [0.2, 0.25) is 0 Å². The van der Waals surface area contributed by atoms with Crippen LogP contribution in [0.5, 0.6) is 0 Å². The smallest absolute Gasteiger partial charge is 0.257 e. The van der Waals surface area contributed by atoms with E-state index in [1.165, 1.54) is 36.4 Å². The molecule has 0 amide bonds. The van der Waals surface area contributed by atoms with Crippen molar-refractivity contribution in [2.75, 3.05) is 0 Å². The molecule has 1 aromatic carbocycles. The van der Waals surface area contributed by atoms with Crippen LogP contribution in [0.25, 0.3) is 11.5 Å². The van der Waals surface area contributed by atoms with Gasteiger partial charge in [0.25, 0.3) is 11.6 Å². The van der Waals surface area contributed by atoms with E-state index in [-0.39, 0.29) is 24.2 Å². The van der Waals surface area contributed by atoms with Gasteiger partial charge in [-0.15, -0.1) is 10.2 Å². The summed E-state index contributed by atoms with van der Waals surface area (Å²) in [5.74, 6) is -0.0524. The summed E-state index contributed by atoms with van der Waals surface area (Å²) in [7, 11) is 0. The number of hydrogen-bond acceptors (Lipinski definition) is 7. The normalized spacial score (nSPS) is 9.35. The van der Waals surface area contributed by atoms with Gasteiger partial charge < -0.3 is 9.25 Å². The highest BCUT2D eigenvalue weighted by atomic mass is 19.1. The standard InChI is InChI=1S/C12H6FN5O2/c13-9-3-1-8(2-4-9)12-17-16-11(20-12)7-19-18-10(5-14)6-15/h1-4H,7H2. The molecule has 0 fully saturated rings. The number of hydrogen-bond donors (Lipinski definition) is 0. The van der Waals surface area contributed by atoms with Gasteiger partial charge >= 0.3 is 0 Å². The monoisotopic (exact) mass is 271 g/mol. The van der Waals surface area contributed by atoms with Crippen LogP contribution >= 0.6 is 0 Å². The summed E-state index contributed by atoms with van der Waals surface area (Å²) in [6, 6.07) is 8.60. The second-order valence-corrected chi connectivity index (χ2v) is 3.44. The van der Waals surface area contributed by atoms with Gasteiger partial charge in [0.1, 0.15) is 18.0 Å². The summed E-state index contributed by atoms with van der Waals surface area (Å²) in [5, 5.41) is 27.6. The van der Waals surface area contributed by atoms with Crippen LogP contribution in [0, 0.1) is 28.5 Å². The Labute approximate surface area is 112 Å². The molecule has 0 spiro atoms. The molecule has 0 atom stereocenters. The first-order chi connectivity index (χ1) is 9.72. The minimum atomic E-state index is -0.414. The first-order valence-corrected chi connectivity index (χ1v) is 5.31. The topological polar surface area (TPSA) is 108 Å². The van der Waals surface area contributed by atoms with Gasteiger partial charge in [-0.2, -0.15) is 10.5 Å². The van der Waals surface area contributed by atoms with E-state index in [1.54, 1.807) is 0 Å². The molecule has 0 saturated heterocycles. The minimum absolute atomic E-state index is 0.114. The number of rotatable bonds is 4. The number of nitriles is 2. The van der Waals surface area contributed by atoms with E-state index in [2.05, 4.69) is 15.4 Å². The maximum atomic E-state index is 12.8. The Morgan fingerprint density at radius 1 is 1.25 bits per heavy atom. The molecule has 98 valence electrons. The molecule has 0 aliphatic carbocycles. The Hall–Kier alpha value is -3.26. The summed E-state index contributed by atoms with van der Waals surface area (Å²) in [5.41, 5.74) is 0.145. The lowest BCUT2D eigenvalue weighted by Crippen LogP contribution is -1.93. The van der Waals surface area contributed by atoms with E-state index in [4.69, 9.17) is 19.8 Å². The molecule has 2 rings (SSSR count). The molecule has 0 unspecified atom stereocenters. The van der Waals surface area contributed by atoms with Crippen molar-refractivity contribution < 1.29 is 13.6 Å². The van der Waals surface area contributed by atoms with Crippen LogP contribution in [0.3, 0.4) is 0 Å². The molecule has 0 N–H and O–H groups in total. The van der Waals surface area contributed by atoms with Gasteiger partial charge in [0.05, 0.1) is 0 Å². The third-order valence-electron chi connectivity index (χ3n) is 2.11. The van der Waals surface area contributed by atoms with Gasteiger partial charge in [0, 0.05) is 5.56 Å². The fourth-order valence-corrected chi connectivity index (χ4v) is 1.24. The van der Waals surface area contributed by atoms with E-state index < -0.39 is 5.71 Å². The number of aromatic nitrogens is 2. The minimum Gasteiger partial charge on any atom is -0.417 e. The van der Waals surface area contributed by atoms with Gasteiger partial charge in [0.15, 0.2) is 6.61 Å². The van der Waals surface area contributed by atoms with Crippen molar-refractivity contribution >= 4 is 5.71 Å². The first-order valence-electron chi connectivity index (χ1n) is 5.31. The lowest BCUT2D eigenvalue weighted by atomic mass is 10.2. The molecular formula is C12H6FN5O2. The Morgan fingerprint density at radius 2 is 1.95 bits per heavy atom. The first kappa shape index (κ1) is 13.2. The van der Waals surface area contributed by atoms with E-state index in [0.29, 0.717) is 5.56 Å². The second-order valence-electron chi connectivity index (χ2n) is 3.44. The van der Waals surface area contributed by atoms with Crippen molar-refractivity contribution in [3.05, 3.63) is 36.0 Å². The summed E-state index contributed by atoms with van der Waals surface area (Å²) in [6.45, 7) is -0.180. The van der Waals surface area contributed by atoms with E-state index >= 15 is 0 Å². The van der Waals surface area contributed by atoms with E-state index in [0.717, 1.165) is 0 Å². The molecule has 0 aliphatic rings. The van der Waals surface area contributed by atoms with Gasteiger partial charge in [0.2, 0.25) is 5.89 Å². The van der Waals surface area contributed by atoms with Gasteiger partial charge in [-0.3, -0.25) is 0 Å². The van der Waals surface area contributed by atoms with Gasteiger partial charge in [-0.1, -0.05) is 5.16 Å². The van der Waals surface area contributed by atoms with E-state index in [1.807, 2.05) is 0 Å². The molecule has 0 radical (unpaired) electrons. The third kappa shape index (κ3) is 3.15. The number of halogens is 1. The van der Waals surface area contributed by atoms with Crippen LogP contribution in [-0.4, -0.2) is 15.9 Å². The molecular weight excluding hydrogens is 265 g/mol. The quantitative estimate of drug-likeness (QED) is 0.619. The summed E-state index contributed by atoms with van der Waals surface area (Å²) in [6.07, 6.45) is 0. The zero-order valence-electron chi connectivity index (χ0n) is 9.95. The predicted octanol–water partition coefficient (Wildman–Crippen LogP) is 1.80. The highest BCUT2D eigenvalue weighted by Crippen LogP contribution is 2.18. The molecule has 20 heavy (non-hydrogen) atoms. The van der Waals surface area contributed by atoms with Crippen LogP contribution in [0.15, 0.2) is 33.8 Å². The van der Waals surface area contributed by atoms with Crippen LogP contribution in [-0.2, 0) is 11.4 Å². The maximum absolute atomic E-state index is 12.8. The van der Waals surface area contributed by atoms with Gasteiger partial charge in [-0.05, 0) is 24.3 Å². The number of nitrogens with zero attached hydrogens (tertiary/aromatic N) is 5. The number of oxime groups is 1. The lowest BCUT2D eigenvalue weighted by Gasteiger charge is -1.94. The summed E-state index contributed by atoms with van der Waals surface area (Å²) < 4.78 is 18.0. The maximum Gasteiger partial charge on any atom is 0.257 e. The van der Waals surface area contributed by atoms with Crippen molar-refractivity contribution in [1.82, 2.24) is 10.2 Å². The zero-order chi connectivity index (χ0) is 14.4. The lowest BCUT2D eigenvalue weighted by molar-refractivity contribution is 0.112. The van der Waals surface area contributed by atoms with Gasteiger partial charge in [-0.25, -0.2) is 4.39 Å². The number of benzene rings is 1. The van der Waals surface area contributed by atoms with Crippen LogP contribution in [0.4, 0.5) is 4.39 Å². The zero-order valence-corrected chi connectivity index (χ0v) is 9.95. The Bertz CT molecular complexity index is 693. The molecule has 1 heterocycles. The Kier molecular flexibility index (Phi) is 4.00. The molecule has 0 aliphatic heterocycles. The molecule has 1 aromatic heterocycles. The SMILES string of the molecule is N#CC(C#N)=NOCc1nnc(-c2ccc(F)cc2)o1.